The van der Waals surface area contributed by atoms with Crippen LogP contribution in [-0.2, 0) is 22.4 Å². The van der Waals surface area contributed by atoms with E-state index >= 15 is 0 Å². The van der Waals surface area contributed by atoms with Gasteiger partial charge in [0.2, 0.25) is 0 Å². The Hall–Kier alpha value is -3.66. The highest BCUT2D eigenvalue weighted by Gasteiger charge is 2.38. The van der Waals surface area contributed by atoms with Crippen molar-refractivity contribution in [3.63, 3.8) is 0 Å². The molecule has 4 rings (SSSR count). The fourth-order valence-corrected chi connectivity index (χ4v) is 3.62. The molecule has 0 aromatic heterocycles. The monoisotopic (exact) mass is 396 g/mol. The van der Waals surface area contributed by atoms with Crippen molar-refractivity contribution in [3.8, 4) is 0 Å². The molecule has 3 aromatic carbocycles. The van der Waals surface area contributed by atoms with Crippen LogP contribution in [0.25, 0.3) is 5.57 Å². The van der Waals surface area contributed by atoms with Gasteiger partial charge in [0.15, 0.2) is 0 Å². The minimum atomic E-state index is -0.283. The molecule has 1 heterocycles. The Bertz CT molecular complexity index is 1070. The number of nitrogens with zero attached hydrogens (tertiary/aromatic N) is 1. The number of carbonyl (C=O) groups excluding carboxylic acids is 2. The average Bonchev–Trinajstić information content (AvgIpc) is 3.03. The molecule has 0 atom stereocenters. The molecular formula is C26H24N2O2. The first kappa shape index (κ1) is 19.6. The van der Waals surface area contributed by atoms with Gasteiger partial charge < -0.3 is 5.32 Å². The lowest BCUT2D eigenvalue weighted by atomic mass is 10.0. The standard InChI is InChI=1S/C26H24N2O2/c1-2-19-13-15-22(16-14-19)27-24-23(21-11-7-4-8-12-21)25(29)28(26(24)30)18-17-20-9-5-3-6-10-20/h3-16,27H,2,17-18H2,1H3. The molecule has 2 amide bonds. The Balaban J connectivity index is 1.64. The molecule has 0 fully saturated rings. The lowest BCUT2D eigenvalue weighted by Gasteiger charge is -2.15. The van der Waals surface area contributed by atoms with Crippen molar-refractivity contribution < 1.29 is 9.59 Å². The predicted octanol–water partition coefficient (Wildman–Crippen LogP) is 4.68. The molecule has 1 N–H and O–H groups in total. The first-order valence-corrected chi connectivity index (χ1v) is 10.2. The van der Waals surface area contributed by atoms with Gasteiger partial charge in [-0.05, 0) is 41.7 Å². The summed E-state index contributed by atoms with van der Waals surface area (Å²) in [5.74, 6) is -0.538. The van der Waals surface area contributed by atoms with Crippen LogP contribution in [0.1, 0.15) is 23.6 Å². The summed E-state index contributed by atoms with van der Waals surface area (Å²) in [5, 5.41) is 3.22. The highest BCUT2D eigenvalue weighted by Crippen LogP contribution is 2.30. The normalized spacial score (nSPS) is 13.8. The first-order valence-electron chi connectivity index (χ1n) is 10.2. The van der Waals surface area contributed by atoms with Crippen molar-refractivity contribution in [1.82, 2.24) is 4.90 Å². The molecule has 4 heteroatoms. The third kappa shape index (κ3) is 4.03. The smallest absolute Gasteiger partial charge is 0.278 e. The van der Waals surface area contributed by atoms with E-state index < -0.39 is 0 Å². The van der Waals surface area contributed by atoms with Crippen molar-refractivity contribution in [3.05, 3.63) is 107 Å². The van der Waals surface area contributed by atoms with Crippen LogP contribution < -0.4 is 5.32 Å². The van der Waals surface area contributed by atoms with Gasteiger partial charge in [-0.1, -0.05) is 79.7 Å². The van der Waals surface area contributed by atoms with Crippen LogP contribution in [0.3, 0.4) is 0 Å². The van der Waals surface area contributed by atoms with Gasteiger partial charge in [-0.15, -0.1) is 0 Å². The molecule has 0 saturated heterocycles. The van der Waals surface area contributed by atoms with Gasteiger partial charge in [-0.25, -0.2) is 0 Å². The van der Waals surface area contributed by atoms with Crippen LogP contribution in [-0.4, -0.2) is 23.3 Å². The minimum absolute atomic E-state index is 0.255. The van der Waals surface area contributed by atoms with Crippen LogP contribution in [0.5, 0.6) is 0 Å². The molecule has 150 valence electrons. The maximum atomic E-state index is 13.2. The van der Waals surface area contributed by atoms with Crippen LogP contribution in [0, 0.1) is 0 Å². The fourth-order valence-electron chi connectivity index (χ4n) is 3.62. The number of anilines is 1. The maximum Gasteiger partial charge on any atom is 0.278 e. The van der Waals surface area contributed by atoms with Crippen molar-refractivity contribution in [2.24, 2.45) is 0 Å². The molecule has 0 spiro atoms. The van der Waals surface area contributed by atoms with Crippen LogP contribution in [0.2, 0.25) is 0 Å². The predicted molar refractivity (Wildman–Crippen MR) is 120 cm³/mol. The van der Waals surface area contributed by atoms with Crippen molar-refractivity contribution in [2.75, 3.05) is 11.9 Å². The molecule has 0 unspecified atom stereocenters. The second-order valence-electron chi connectivity index (χ2n) is 7.29. The zero-order valence-corrected chi connectivity index (χ0v) is 17.0. The van der Waals surface area contributed by atoms with E-state index in [0.717, 1.165) is 23.2 Å². The molecule has 1 aliphatic rings. The molecule has 4 nitrogen and oxygen atoms in total. The van der Waals surface area contributed by atoms with Gasteiger partial charge >= 0.3 is 0 Å². The number of carbonyl (C=O) groups is 2. The molecular weight excluding hydrogens is 372 g/mol. The van der Waals surface area contributed by atoms with Crippen molar-refractivity contribution in [1.29, 1.82) is 0 Å². The number of hydrogen-bond acceptors (Lipinski definition) is 3. The molecule has 0 saturated carbocycles. The Labute approximate surface area is 176 Å². The van der Waals surface area contributed by atoms with E-state index in [1.807, 2.05) is 84.9 Å². The lowest BCUT2D eigenvalue weighted by molar-refractivity contribution is -0.136. The van der Waals surface area contributed by atoms with E-state index in [4.69, 9.17) is 0 Å². The highest BCUT2D eigenvalue weighted by molar-refractivity contribution is 6.36. The van der Waals surface area contributed by atoms with E-state index in [-0.39, 0.29) is 11.8 Å². The summed E-state index contributed by atoms with van der Waals surface area (Å²) in [5.41, 5.74) is 4.61. The van der Waals surface area contributed by atoms with Crippen LogP contribution in [0.4, 0.5) is 5.69 Å². The van der Waals surface area contributed by atoms with Crippen LogP contribution >= 0.6 is 0 Å². The van der Waals surface area contributed by atoms with E-state index in [1.165, 1.54) is 10.5 Å². The number of rotatable bonds is 7. The molecule has 1 aliphatic heterocycles. The SMILES string of the molecule is CCc1ccc(NC2=C(c3ccccc3)C(=O)N(CCc3ccccc3)C2=O)cc1. The summed E-state index contributed by atoms with van der Waals surface area (Å²) in [6, 6.07) is 27.2. The van der Waals surface area contributed by atoms with Gasteiger partial charge in [-0.3, -0.25) is 14.5 Å². The summed E-state index contributed by atoms with van der Waals surface area (Å²) in [4.78, 5) is 27.8. The number of imide groups is 1. The first-order chi connectivity index (χ1) is 14.7. The lowest BCUT2D eigenvalue weighted by Crippen LogP contribution is -2.34. The Morgan fingerprint density at radius 1 is 0.733 bits per heavy atom. The van der Waals surface area contributed by atoms with E-state index in [2.05, 4.69) is 12.2 Å². The maximum absolute atomic E-state index is 13.2. The minimum Gasteiger partial charge on any atom is -0.350 e. The number of amides is 2. The molecule has 0 aliphatic carbocycles. The summed E-state index contributed by atoms with van der Waals surface area (Å²) in [6.07, 6.45) is 1.57. The molecule has 0 bridgehead atoms. The number of hydrogen-bond donors (Lipinski definition) is 1. The number of nitrogens with one attached hydrogen (secondary N) is 1. The zero-order valence-electron chi connectivity index (χ0n) is 17.0. The highest BCUT2D eigenvalue weighted by atomic mass is 16.2. The summed E-state index contributed by atoms with van der Waals surface area (Å²) < 4.78 is 0. The summed E-state index contributed by atoms with van der Waals surface area (Å²) in [7, 11) is 0. The van der Waals surface area contributed by atoms with Gasteiger partial charge in [0, 0.05) is 12.2 Å². The van der Waals surface area contributed by atoms with E-state index in [0.29, 0.717) is 24.2 Å². The van der Waals surface area contributed by atoms with Gasteiger partial charge in [0.1, 0.15) is 5.70 Å². The van der Waals surface area contributed by atoms with Gasteiger partial charge in [0.25, 0.3) is 11.8 Å². The van der Waals surface area contributed by atoms with Crippen molar-refractivity contribution >= 4 is 23.1 Å². The quantitative estimate of drug-likeness (QED) is 0.590. The molecule has 0 radical (unpaired) electrons. The van der Waals surface area contributed by atoms with Gasteiger partial charge in [-0.2, -0.15) is 0 Å². The number of aryl methyl sites for hydroxylation is 1. The summed E-state index contributed by atoms with van der Waals surface area (Å²) >= 11 is 0. The van der Waals surface area contributed by atoms with Gasteiger partial charge in [0.05, 0.1) is 5.57 Å². The summed E-state index contributed by atoms with van der Waals surface area (Å²) in [6.45, 7) is 2.44. The third-order valence-corrected chi connectivity index (χ3v) is 5.33. The number of benzene rings is 3. The largest absolute Gasteiger partial charge is 0.350 e. The fraction of sp³-hybridized carbons (Fsp3) is 0.154. The topological polar surface area (TPSA) is 49.4 Å². The third-order valence-electron chi connectivity index (χ3n) is 5.33. The molecule has 3 aromatic rings. The zero-order chi connectivity index (χ0) is 20.9. The van der Waals surface area contributed by atoms with Crippen LogP contribution in [0.15, 0.2) is 90.6 Å². The van der Waals surface area contributed by atoms with Crippen molar-refractivity contribution in [2.45, 2.75) is 19.8 Å². The Kier molecular flexibility index (Phi) is 5.75. The van der Waals surface area contributed by atoms with E-state index in [9.17, 15) is 9.59 Å². The second kappa shape index (κ2) is 8.78. The van der Waals surface area contributed by atoms with E-state index in [1.54, 1.807) is 0 Å². The Morgan fingerprint density at radius 3 is 2.00 bits per heavy atom. The second-order valence-corrected chi connectivity index (χ2v) is 7.29. The molecule has 30 heavy (non-hydrogen) atoms. The average molecular weight is 396 g/mol. The Morgan fingerprint density at radius 2 is 1.37 bits per heavy atom.